The van der Waals surface area contributed by atoms with Crippen molar-refractivity contribution in [3.63, 3.8) is 0 Å². The zero-order valence-corrected chi connectivity index (χ0v) is 16.4. The van der Waals surface area contributed by atoms with Crippen molar-refractivity contribution in [2.45, 2.75) is 11.1 Å². The summed E-state index contributed by atoms with van der Waals surface area (Å²) in [5, 5.41) is 6.25. The summed E-state index contributed by atoms with van der Waals surface area (Å²) in [5.74, 6) is 1.60. The van der Waals surface area contributed by atoms with Crippen molar-refractivity contribution in [2.75, 3.05) is 5.01 Å². The number of hydrazine groups is 1. The zero-order valence-electron chi connectivity index (χ0n) is 15.6. The molecule has 1 aliphatic carbocycles. The third-order valence-electron chi connectivity index (χ3n) is 5.56. The summed E-state index contributed by atoms with van der Waals surface area (Å²) in [6.07, 6.45) is 9.76. The maximum Gasteiger partial charge on any atom is 0.251 e. The molecule has 0 fully saturated rings. The van der Waals surface area contributed by atoms with Crippen LogP contribution in [0.5, 0.6) is 5.75 Å². The Bertz CT molecular complexity index is 1240. The number of hydrogen-bond acceptors (Lipinski definition) is 7. The van der Waals surface area contributed by atoms with Crippen LogP contribution in [-0.2, 0) is 5.54 Å². The fourth-order valence-electron chi connectivity index (χ4n) is 4.27. The van der Waals surface area contributed by atoms with Crippen LogP contribution in [0.2, 0.25) is 5.28 Å². The molecule has 0 radical (unpaired) electrons. The molecule has 30 heavy (non-hydrogen) atoms. The first-order valence-electron chi connectivity index (χ1n) is 9.45. The van der Waals surface area contributed by atoms with Crippen LogP contribution >= 0.6 is 11.6 Å². The van der Waals surface area contributed by atoms with Crippen molar-refractivity contribution in [1.82, 2.24) is 20.5 Å². The topological polar surface area (TPSA) is 75.5 Å². The van der Waals surface area contributed by atoms with E-state index in [-0.39, 0.29) is 5.28 Å². The molecule has 6 rings (SSSR count). The van der Waals surface area contributed by atoms with Gasteiger partial charge in [0, 0.05) is 11.1 Å². The van der Waals surface area contributed by atoms with E-state index in [0.29, 0.717) is 11.8 Å². The Kier molecular flexibility index (Phi) is 3.52. The predicted molar refractivity (Wildman–Crippen MR) is 114 cm³/mol. The molecule has 1 aromatic heterocycles. The number of aromatic nitrogens is 3. The third-order valence-corrected chi connectivity index (χ3v) is 5.73. The average molecular weight is 415 g/mol. The number of hydrazone groups is 1. The zero-order chi connectivity index (χ0) is 20.2. The third kappa shape index (κ3) is 2.21. The fourth-order valence-corrected chi connectivity index (χ4v) is 4.43. The SMILES string of the molecule is Clc1nc(-c2ccccc2)nc(N2NN=CC34C=CC=CC23c2ccccc2O4)n1. The van der Waals surface area contributed by atoms with Crippen LogP contribution < -0.4 is 15.3 Å². The molecule has 0 saturated heterocycles. The number of allylic oxidation sites excluding steroid dienone is 2. The highest BCUT2D eigenvalue weighted by atomic mass is 35.5. The molecule has 2 aliphatic heterocycles. The normalized spacial score (nSPS) is 25.2. The lowest BCUT2D eigenvalue weighted by Gasteiger charge is -2.48. The van der Waals surface area contributed by atoms with E-state index in [9.17, 15) is 0 Å². The fraction of sp³-hybridized carbons (Fsp3) is 0.0909. The molecule has 8 heteroatoms. The van der Waals surface area contributed by atoms with Crippen LogP contribution in [0.25, 0.3) is 11.4 Å². The van der Waals surface area contributed by atoms with Gasteiger partial charge in [0.15, 0.2) is 17.0 Å². The number of benzene rings is 2. The van der Waals surface area contributed by atoms with Crippen LogP contribution in [0.15, 0.2) is 84.0 Å². The van der Waals surface area contributed by atoms with Crippen molar-refractivity contribution < 1.29 is 4.74 Å². The lowest BCUT2D eigenvalue weighted by molar-refractivity contribution is 0.140. The van der Waals surface area contributed by atoms with Gasteiger partial charge in [-0.3, -0.25) is 0 Å². The van der Waals surface area contributed by atoms with Gasteiger partial charge in [0.2, 0.25) is 5.28 Å². The highest BCUT2D eigenvalue weighted by molar-refractivity contribution is 6.28. The van der Waals surface area contributed by atoms with Crippen LogP contribution in [-0.4, -0.2) is 26.8 Å². The highest BCUT2D eigenvalue weighted by Gasteiger charge is 2.64. The van der Waals surface area contributed by atoms with Crippen LogP contribution in [0, 0.1) is 0 Å². The van der Waals surface area contributed by atoms with E-state index in [1.54, 1.807) is 11.2 Å². The van der Waals surface area contributed by atoms with E-state index >= 15 is 0 Å². The minimum absolute atomic E-state index is 0.0970. The Morgan fingerprint density at radius 2 is 1.70 bits per heavy atom. The Morgan fingerprint density at radius 1 is 0.900 bits per heavy atom. The Hall–Kier alpha value is -3.71. The molecular weight excluding hydrogens is 400 g/mol. The van der Waals surface area contributed by atoms with Crippen molar-refractivity contribution in [3.8, 4) is 17.1 Å². The summed E-state index contributed by atoms with van der Waals surface area (Å²) in [4.78, 5) is 13.4. The van der Waals surface area contributed by atoms with Gasteiger partial charge in [-0.05, 0) is 29.8 Å². The molecule has 3 heterocycles. The lowest BCUT2D eigenvalue weighted by atomic mass is 9.73. The molecule has 0 saturated carbocycles. The molecule has 2 aromatic carbocycles. The average Bonchev–Trinajstić information content (AvgIpc) is 3.10. The van der Waals surface area contributed by atoms with Crippen molar-refractivity contribution in [2.24, 2.45) is 5.10 Å². The van der Waals surface area contributed by atoms with E-state index in [4.69, 9.17) is 21.3 Å². The van der Waals surface area contributed by atoms with E-state index in [1.165, 1.54) is 0 Å². The Morgan fingerprint density at radius 3 is 2.60 bits per heavy atom. The second kappa shape index (κ2) is 6.14. The Balaban J connectivity index is 1.58. The molecule has 0 amide bonds. The molecule has 3 aromatic rings. The molecule has 1 N–H and O–H groups in total. The van der Waals surface area contributed by atoms with Gasteiger partial charge in [-0.25, -0.2) is 10.5 Å². The molecular formula is C22H15ClN6O. The number of rotatable bonds is 2. The first-order chi connectivity index (χ1) is 14.7. The molecule has 0 bridgehead atoms. The second-order valence-electron chi connectivity index (χ2n) is 7.16. The quantitative estimate of drug-likeness (QED) is 0.689. The minimum Gasteiger partial charge on any atom is -0.474 e. The number of hydrogen-bond donors (Lipinski definition) is 1. The van der Waals surface area contributed by atoms with Crippen molar-refractivity contribution in [3.05, 3.63) is 89.7 Å². The molecule has 7 nitrogen and oxygen atoms in total. The summed E-state index contributed by atoms with van der Waals surface area (Å²) in [6.45, 7) is 0. The van der Waals surface area contributed by atoms with Gasteiger partial charge in [0.05, 0.1) is 6.21 Å². The molecule has 2 unspecified atom stereocenters. The molecule has 3 aliphatic rings. The maximum atomic E-state index is 6.42. The number of nitrogens with zero attached hydrogens (tertiary/aromatic N) is 5. The van der Waals surface area contributed by atoms with E-state index in [2.05, 4.69) is 26.7 Å². The number of halogens is 1. The van der Waals surface area contributed by atoms with Crippen LogP contribution in [0.1, 0.15) is 5.56 Å². The first-order valence-corrected chi connectivity index (χ1v) is 9.82. The van der Waals surface area contributed by atoms with Gasteiger partial charge in [0.1, 0.15) is 5.75 Å². The van der Waals surface area contributed by atoms with Gasteiger partial charge in [-0.1, -0.05) is 60.7 Å². The van der Waals surface area contributed by atoms with E-state index < -0.39 is 11.1 Å². The number of ether oxygens (including phenoxy) is 1. The summed E-state index contributed by atoms with van der Waals surface area (Å²) >= 11 is 6.32. The standard InChI is InChI=1S/C22H15ClN6O/c23-19-25-18(15-8-2-1-3-9-15)26-20(27-19)29-22-13-7-6-12-21(22,14-24-28-29)30-17-11-5-4-10-16(17)22/h1-14,28H. The van der Waals surface area contributed by atoms with Gasteiger partial charge >= 0.3 is 0 Å². The summed E-state index contributed by atoms with van der Waals surface area (Å²) < 4.78 is 6.42. The molecule has 146 valence electrons. The van der Waals surface area contributed by atoms with Gasteiger partial charge in [-0.2, -0.15) is 20.1 Å². The smallest absolute Gasteiger partial charge is 0.251 e. The number of nitrogens with one attached hydrogen (secondary N) is 1. The van der Waals surface area contributed by atoms with E-state index in [1.807, 2.05) is 72.8 Å². The highest BCUT2D eigenvalue weighted by Crippen LogP contribution is 2.54. The van der Waals surface area contributed by atoms with E-state index in [0.717, 1.165) is 16.9 Å². The second-order valence-corrected chi connectivity index (χ2v) is 7.50. The summed E-state index contributed by atoms with van der Waals surface area (Å²) in [6, 6.07) is 17.6. The van der Waals surface area contributed by atoms with Gasteiger partial charge in [-0.15, -0.1) is 0 Å². The summed E-state index contributed by atoms with van der Waals surface area (Å²) in [5.41, 5.74) is 3.26. The summed E-state index contributed by atoms with van der Waals surface area (Å²) in [7, 11) is 0. The number of anilines is 1. The molecule has 2 atom stereocenters. The Labute approximate surface area is 177 Å². The molecule has 0 spiro atoms. The van der Waals surface area contributed by atoms with Crippen LogP contribution in [0.3, 0.4) is 0 Å². The monoisotopic (exact) mass is 414 g/mol. The number of fused-ring (bicyclic) bond motifs is 1. The number of para-hydroxylation sites is 1. The van der Waals surface area contributed by atoms with Crippen molar-refractivity contribution >= 4 is 23.8 Å². The van der Waals surface area contributed by atoms with Gasteiger partial charge < -0.3 is 4.74 Å². The first kappa shape index (κ1) is 17.2. The lowest BCUT2D eigenvalue weighted by Crippen LogP contribution is -2.67. The van der Waals surface area contributed by atoms with Crippen LogP contribution in [0.4, 0.5) is 5.95 Å². The maximum absolute atomic E-state index is 6.42. The largest absolute Gasteiger partial charge is 0.474 e. The van der Waals surface area contributed by atoms with Crippen molar-refractivity contribution in [1.29, 1.82) is 0 Å². The van der Waals surface area contributed by atoms with Gasteiger partial charge in [0.25, 0.3) is 5.95 Å². The predicted octanol–water partition coefficient (Wildman–Crippen LogP) is 3.66. The minimum atomic E-state index is -0.845.